The first-order valence-electron chi connectivity index (χ1n) is 9.43. The monoisotopic (exact) mass is 374 g/mol. The molecule has 0 aliphatic heterocycles. The second kappa shape index (κ2) is 12.3. The molecular weight excluding hydrogens is 336 g/mol. The number of ether oxygens (including phenoxy) is 1. The van der Waals surface area contributed by atoms with Gasteiger partial charge >= 0.3 is 6.09 Å². The van der Waals surface area contributed by atoms with E-state index >= 15 is 0 Å². The van der Waals surface area contributed by atoms with Gasteiger partial charge in [0.2, 0.25) is 5.91 Å². The van der Waals surface area contributed by atoms with Crippen molar-refractivity contribution in [3.63, 3.8) is 0 Å². The van der Waals surface area contributed by atoms with Crippen LogP contribution in [0.1, 0.15) is 46.5 Å². The van der Waals surface area contributed by atoms with Gasteiger partial charge in [-0.05, 0) is 24.8 Å². The number of amides is 2. The van der Waals surface area contributed by atoms with Crippen molar-refractivity contribution < 1.29 is 19.4 Å². The van der Waals surface area contributed by atoms with E-state index in [1.807, 2.05) is 13.8 Å². The zero-order chi connectivity index (χ0) is 19.5. The quantitative estimate of drug-likeness (QED) is 0.458. The van der Waals surface area contributed by atoms with Crippen LogP contribution < -0.4 is 10.6 Å². The lowest BCUT2D eigenvalue weighted by Crippen LogP contribution is -2.51. The molecule has 0 saturated carbocycles. The van der Waals surface area contributed by atoms with Gasteiger partial charge in [0.05, 0.1) is 19.3 Å². The van der Waals surface area contributed by atoms with Crippen molar-refractivity contribution in [1.29, 1.82) is 0 Å². The summed E-state index contributed by atoms with van der Waals surface area (Å²) >= 11 is 0. The molecule has 0 spiro atoms. The zero-order valence-corrected chi connectivity index (χ0v) is 17.9. The summed E-state index contributed by atoms with van der Waals surface area (Å²) in [7, 11) is -1.26. The van der Waals surface area contributed by atoms with Gasteiger partial charge in [0.25, 0.3) is 0 Å². The Morgan fingerprint density at radius 3 is 2.28 bits per heavy atom. The average molecular weight is 375 g/mol. The summed E-state index contributed by atoms with van der Waals surface area (Å²) in [5.41, 5.74) is 0. The van der Waals surface area contributed by atoms with Crippen molar-refractivity contribution in [2.75, 3.05) is 13.2 Å². The molecule has 0 aromatic heterocycles. The number of alkyl carbamates (subject to hydrolysis) is 1. The van der Waals surface area contributed by atoms with E-state index in [9.17, 15) is 14.7 Å². The summed E-state index contributed by atoms with van der Waals surface area (Å²) < 4.78 is 5.23. The number of carbonyl (C=O) groups excluding carboxylic acids is 2. The van der Waals surface area contributed by atoms with Crippen LogP contribution in [0.2, 0.25) is 25.7 Å². The second-order valence-electron chi connectivity index (χ2n) is 8.30. The van der Waals surface area contributed by atoms with Crippen LogP contribution in [0.15, 0.2) is 0 Å². The molecule has 25 heavy (non-hydrogen) atoms. The van der Waals surface area contributed by atoms with Gasteiger partial charge in [-0.1, -0.05) is 53.3 Å². The van der Waals surface area contributed by atoms with E-state index < -0.39 is 20.2 Å². The van der Waals surface area contributed by atoms with Crippen molar-refractivity contribution in [3.05, 3.63) is 0 Å². The molecule has 0 unspecified atom stereocenters. The first-order chi connectivity index (χ1) is 11.6. The number of rotatable bonds is 12. The van der Waals surface area contributed by atoms with Crippen molar-refractivity contribution >= 4 is 20.1 Å². The van der Waals surface area contributed by atoms with E-state index in [2.05, 4.69) is 37.2 Å². The van der Waals surface area contributed by atoms with E-state index in [0.29, 0.717) is 13.0 Å². The minimum atomic E-state index is -1.26. The van der Waals surface area contributed by atoms with Gasteiger partial charge in [0.1, 0.15) is 6.04 Å². The Balaban J connectivity index is 4.60. The molecular formula is C18H38N2O4Si. The van der Waals surface area contributed by atoms with E-state index in [1.165, 1.54) is 0 Å². The van der Waals surface area contributed by atoms with Crippen molar-refractivity contribution in [2.24, 2.45) is 5.92 Å². The van der Waals surface area contributed by atoms with E-state index in [1.54, 1.807) is 0 Å². The molecule has 0 radical (unpaired) electrons. The fraction of sp³-hybridized carbons (Fsp3) is 0.889. The first kappa shape index (κ1) is 23.9. The van der Waals surface area contributed by atoms with Gasteiger partial charge < -0.3 is 20.5 Å². The van der Waals surface area contributed by atoms with Crippen LogP contribution in [-0.4, -0.2) is 50.5 Å². The molecule has 0 bridgehead atoms. The van der Waals surface area contributed by atoms with Crippen LogP contribution in [0.4, 0.5) is 4.79 Å². The predicted octanol–water partition coefficient (Wildman–Crippen LogP) is 3.13. The van der Waals surface area contributed by atoms with Crippen molar-refractivity contribution in [1.82, 2.24) is 10.6 Å². The number of carbonyl (C=O) groups is 2. The summed E-state index contributed by atoms with van der Waals surface area (Å²) in [4.78, 5) is 24.5. The van der Waals surface area contributed by atoms with E-state index in [0.717, 1.165) is 25.3 Å². The molecule has 0 rings (SSSR count). The molecule has 3 N–H and O–H groups in total. The van der Waals surface area contributed by atoms with E-state index in [4.69, 9.17) is 4.74 Å². The largest absolute Gasteiger partial charge is 0.450 e. The highest BCUT2D eigenvalue weighted by Gasteiger charge is 2.25. The third-order valence-corrected chi connectivity index (χ3v) is 5.58. The third-order valence-electron chi connectivity index (χ3n) is 3.87. The lowest BCUT2D eigenvalue weighted by atomic mass is 10.0. The molecule has 148 valence electrons. The maximum Gasteiger partial charge on any atom is 0.407 e. The number of unbranched alkanes of at least 4 members (excludes halogenated alkanes) is 1. The van der Waals surface area contributed by atoms with Crippen LogP contribution in [0.5, 0.6) is 0 Å². The predicted molar refractivity (Wildman–Crippen MR) is 104 cm³/mol. The summed E-state index contributed by atoms with van der Waals surface area (Å²) in [6, 6.07) is -0.0210. The molecule has 6 nitrogen and oxygen atoms in total. The maximum absolute atomic E-state index is 12.5. The standard InChI is InChI=1S/C18H38N2O4Si/c1-7-8-9-15(13-21)19-17(22)16(12-14(2)3)20-18(23)24-10-11-25(4,5)6/h14-16,21H,7-13H2,1-6H3,(H,19,22)(H,20,23)/t15-,16-/m0/s1. The fourth-order valence-electron chi connectivity index (χ4n) is 2.30. The number of nitrogens with one attached hydrogen (secondary N) is 2. The van der Waals surface area contributed by atoms with Crippen LogP contribution in [0.25, 0.3) is 0 Å². The Labute approximate surface area is 154 Å². The molecule has 0 aromatic rings. The Morgan fingerprint density at radius 1 is 1.16 bits per heavy atom. The van der Waals surface area contributed by atoms with Gasteiger partial charge in [-0.15, -0.1) is 0 Å². The van der Waals surface area contributed by atoms with Gasteiger partial charge in [0, 0.05) is 8.07 Å². The summed E-state index contributed by atoms with van der Waals surface area (Å²) in [6.45, 7) is 13.0. The molecule has 7 heteroatoms. The highest BCUT2D eigenvalue weighted by molar-refractivity contribution is 6.76. The molecule has 0 fully saturated rings. The number of aliphatic hydroxyl groups excluding tert-OH is 1. The van der Waals surface area contributed by atoms with Crippen LogP contribution in [0.3, 0.4) is 0 Å². The maximum atomic E-state index is 12.5. The number of aliphatic hydroxyl groups is 1. The smallest absolute Gasteiger partial charge is 0.407 e. The van der Waals surface area contributed by atoms with Crippen LogP contribution >= 0.6 is 0 Å². The molecule has 2 amide bonds. The minimum absolute atomic E-state index is 0.0964. The highest BCUT2D eigenvalue weighted by atomic mass is 28.3. The van der Waals surface area contributed by atoms with Gasteiger partial charge in [-0.3, -0.25) is 4.79 Å². The average Bonchev–Trinajstić information content (AvgIpc) is 2.48. The molecule has 0 saturated heterocycles. The minimum Gasteiger partial charge on any atom is -0.450 e. The first-order valence-corrected chi connectivity index (χ1v) is 13.1. The third kappa shape index (κ3) is 12.9. The van der Waals surface area contributed by atoms with Crippen LogP contribution in [0, 0.1) is 5.92 Å². The van der Waals surface area contributed by atoms with Crippen molar-refractivity contribution in [2.45, 2.75) is 84.2 Å². The topological polar surface area (TPSA) is 87.7 Å². The second-order valence-corrected chi connectivity index (χ2v) is 13.9. The van der Waals surface area contributed by atoms with E-state index in [-0.39, 0.29) is 24.5 Å². The Hall–Kier alpha value is -1.08. The SMILES string of the molecule is CCCC[C@@H](CO)NC(=O)[C@H](CC(C)C)NC(=O)OCC[Si](C)(C)C. The fourth-order valence-corrected chi connectivity index (χ4v) is 3.01. The molecule has 0 aromatic carbocycles. The summed E-state index contributed by atoms with van der Waals surface area (Å²) in [5, 5.41) is 14.9. The zero-order valence-electron chi connectivity index (χ0n) is 16.9. The lowest BCUT2D eigenvalue weighted by molar-refractivity contribution is -0.124. The van der Waals surface area contributed by atoms with Gasteiger partial charge in [0.15, 0.2) is 0 Å². The molecule has 0 heterocycles. The lowest BCUT2D eigenvalue weighted by Gasteiger charge is -2.23. The number of hydrogen-bond acceptors (Lipinski definition) is 4. The molecule has 0 aliphatic carbocycles. The highest BCUT2D eigenvalue weighted by Crippen LogP contribution is 2.09. The van der Waals surface area contributed by atoms with Crippen molar-refractivity contribution in [3.8, 4) is 0 Å². The number of hydrogen-bond donors (Lipinski definition) is 3. The summed E-state index contributed by atoms with van der Waals surface area (Å²) in [5.74, 6) is -0.00718. The summed E-state index contributed by atoms with van der Waals surface area (Å²) in [6.07, 6.45) is 2.65. The Kier molecular flexibility index (Phi) is 11.8. The molecule has 2 atom stereocenters. The molecule has 0 aliphatic rings. The Bertz CT molecular complexity index is 397. The normalized spacial score (nSPS) is 14.1. The Morgan fingerprint density at radius 2 is 1.80 bits per heavy atom. The van der Waals surface area contributed by atoms with Gasteiger partial charge in [-0.25, -0.2) is 4.79 Å². The van der Waals surface area contributed by atoms with Gasteiger partial charge in [-0.2, -0.15) is 0 Å². The van der Waals surface area contributed by atoms with Crippen LogP contribution in [-0.2, 0) is 9.53 Å².